The lowest BCUT2D eigenvalue weighted by atomic mass is 10.0. The highest BCUT2D eigenvalue weighted by Crippen LogP contribution is 2.31. The second-order valence-corrected chi connectivity index (χ2v) is 5.31. The molecule has 0 amide bonds. The van der Waals surface area contributed by atoms with Crippen molar-refractivity contribution in [3.8, 4) is 0 Å². The molecule has 116 valence electrons. The normalized spacial score (nSPS) is 12.2. The van der Waals surface area contributed by atoms with E-state index in [0.29, 0.717) is 24.6 Å². The van der Waals surface area contributed by atoms with Gasteiger partial charge < -0.3 is 10.6 Å². The van der Waals surface area contributed by atoms with Gasteiger partial charge >= 0.3 is 0 Å². The Morgan fingerprint density at radius 1 is 1.24 bits per heavy atom. The molecule has 2 N–H and O–H groups in total. The number of rotatable bonds is 7. The zero-order valence-corrected chi connectivity index (χ0v) is 12.4. The lowest BCUT2D eigenvalue weighted by molar-refractivity contribution is -0.393. The van der Waals surface area contributed by atoms with Gasteiger partial charge in [-0.3, -0.25) is 20.2 Å². The van der Waals surface area contributed by atoms with Crippen molar-refractivity contribution in [3.05, 3.63) is 38.4 Å². The first-order valence-electron chi connectivity index (χ1n) is 6.63. The van der Waals surface area contributed by atoms with Gasteiger partial charge in [0, 0.05) is 25.7 Å². The first kappa shape index (κ1) is 16.8. The third kappa shape index (κ3) is 4.38. The van der Waals surface area contributed by atoms with E-state index < -0.39 is 9.85 Å². The standard InChI is InChI=1S/C13H20N4O4/c1-9(2)11(14)6-7-15(3)12-5-4-10(16(18)19)8-13(12)17(20)21/h4-5,8-9,11H,6-7,14H2,1-3H3. The van der Waals surface area contributed by atoms with Crippen LogP contribution in [0.1, 0.15) is 20.3 Å². The first-order chi connectivity index (χ1) is 9.73. The molecular weight excluding hydrogens is 276 g/mol. The van der Waals surface area contributed by atoms with Crippen LogP contribution in [0.3, 0.4) is 0 Å². The van der Waals surface area contributed by atoms with Crippen molar-refractivity contribution in [2.45, 2.75) is 26.3 Å². The lowest BCUT2D eigenvalue weighted by Crippen LogP contribution is -2.32. The van der Waals surface area contributed by atoms with E-state index in [2.05, 4.69) is 0 Å². The second kappa shape index (κ2) is 6.98. The van der Waals surface area contributed by atoms with Crippen LogP contribution in [-0.2, 0) is 0 Å². The van der Waals surface area contributed by atoms with Crippen LogP contribution >= 0.6 is 0 Å². The Morgan fingerprint density at radius 3 is 2.33 bits per heavy atom. The molecule has 8 heteroatoms. The molecule has 0 fully saturated rings. The molecule has 0 aliphatic heterocycles. The van der Waals surface area contributed by atoms with Crippen molar-refractivity contribution < 1.29 is 9.85 Å². The molecule has 1 unspecified atom stereocenters. The molecule has 0 spiro atoms. The predicted octanol–water partition coefficient (Wildman–Crippen LogP) is 2.31. The highest BCUT2D eigenvalue weighted by molar-refractivity contribution is 5.66. The fraction of sp³-hybridized carbons (Fsp3) is 0.538. The summed E-state index contributed by atoms with van der Waals surface area (Å²) in [5.74, 6) is 0.324. The summed E-state index contributed by atoms with van der Waals surface area (Å²) in [6.07, 6.45) is 0.683. The third-order valence-corrected chi connectivity index (χ3v) is 3.43. The molecule has 0 aliphatic carbocycles. The maximum absolute atomic E-state index is 11.1. The number of hydrogen-bond acceptors (Lipinski definition) is 6. The van der Waals surface area contributed by atoms with Gasteiger partial charge in [0.05, 0.1) is 15.9 Å². The summed E-state index contributed by atoms with van der Waals surface area (Å²) in [4.78, 5) is 22.2. The van der Waals surface area contributed by atoms with E-state index in [0.717, 1.165) is 6.07 Å². The Balaban J connectivity index is 2.95. The zero-order chi connectivity index (χ0) is 16.2. The molecule has 0 aromatic heterocycles. The summed E-state index contributed by atoms with van der Waals surface area (Å²) in [5, 5.41) is 21.8. The smallest absolute Gasteiger partial charge is 0.299 e. The van der Waals surface area contributed by atoms with Crippen LogP contribution in [0.4, 0.5) is 17.1 Å². The lowest BCUT2D eigenvalue weighted by Gasteiger charge is -2.22. The fourth-order valence-corrected chi connectivity index (χ4v) is 1.89. The van der Waals surface area contributed by atoms with Gasteiger partial charge in [-0.1, -0.05) is 13.8 Å². The van der Waals surface area contributed by atoms with Crippen molar-refractivity contribution in [3.63, 3.8) is 0 Å². The van der Waals surface area contributed by atoms with E-state index in [4.69, 9.17) is 5.73 Å². The van der Waals surface area contributed by atoms with E-state index in [1.165, 1.54) is 12.1 Å². The molecule has 8 nitrogen and oxygen atoms in total. The SMILES string of the molecule is CC(C)C(N)CCN(C)c1ccc([N+](=O)[O-])cc1[N+](=O)[O-]. The van der Waals surface area contributed by atoms with Gasteiger partial charge in [0.25, 0.3) is 11.4 Å². The molecule has 1 atom stereocenters. The van der Waals surface area contributed by atoms with Crippen molar-refractivity contribution in [1.82, 2.24) is 0 Å². The minimum atomic E-state index is -0.647. The van der Waals surface area contributed by atoms with Crippen molar-refractivity contribution in [2.75, 3.05) is 18.5 Å². The highest BCUT2D eigenvalue weighted by atomic mass is 16.6. The van der Waals surface area contributed by atoms with Crippen LogP contribution in [0.5, 0.6) is 0 Å². The Bertz CT molecular complexity index is 533. The van der Waals surface area contributed by atoms with Gasteiger partial charge in [0.15, 0.2) is 0 Å². The summed E-state index contributed by atoms with van der Waals surface area (Å²) in [7, 11) is 1.71. The highest BCUT2D eigenvalue weighted by Gasteiger charge is 2.22. The van der Waals surface area contributed by atoms with Crippen LogP contribution in [0, 0.1) is 26.1 Å². The molecule has 0 saturated carbocycles. The molecule has 21 heavy (non-hydrogen) atoms. The Morgan fingerprint density at radius 2 is 1.86 bits per heavy atom. The van der Waals surface area contributed by atoms with Crippen LogP contribution in [0.15, 0.2) is 18.2 Å². The van der Waals surface area contributed by atoms with E-state index in [-0.39, 0.29) is 17.4 Å². The van der Waals surface area contributed by atoms with E-state index >= 15 is 0 Å². The minimum absolute atomic E-state index is 0.00422. The topological polar surface area (TPSA) is 116 Å². The van der Waals surface area contributed by atoms with E-state index in [1.54, 1.807) is 11.9 Å². The average Bonchev–Trinajstić information content (AvgIpc) is 2.43. The second-order valence-electron chi connectivity index (χ2n) is 5.31. The quantitative estimate of drug-likeness (QED) is 0.609. The summed E-state index contributed by atoms with van der Waals surface area (Å²) in [6, 6.07) is 3.65. The number of nitrogens with zero attached hydrogens (tertiary/aromatic N) is 3. The average molecular weight is 296 g/mol. The minimum Gasteiger partial charge on any atom is -0.369 e. The molecule has 0 radical (unpaired) electrons. The van der Waals surface area contributed by atoms with Gasteiger partial charge in [-0.05, 0) is 18.4 Å². The Labute approximate surface area is 122 Å². The zero-order valence-electron chi connectivity index (χ0n) is 12.4. The number of benzene rings is 1. The van der Waals surface area contributed by atoms with E-state index in [9.17, 15) is 20.2 Å². The molecule has 1 aromatic rings. The summed E-state index contributed by atoms with van der Waals surface area (Å²) < 4.78 is 0. The van der Waals surface area contributed by atoms with Crippen LogP contribution in [0.25, 0.3) is 0 Å². The summed E-state index contributed by atoms with van der Waals surface area (Å²) >= 11 is 0. The van der Waals surface area contributed by atoms with Crippen LogP contribution < -0.4 is 10.6 Å². The Kier molecular flexibility index (Phi) is 5.60. The predicted molar refractivity (Wildman–Crippen MR) is 80.5 cm³/mol. The number of nitrogens with two attached hydrogens (primary N) is 1. The number of nitro benzene ring substituents is 2. The van der Waals surface area contributed by atoms with Crippen molar-refractivity contribution >= 4 is 17.1 Å². The van der Waals surface area contributed by atoms with Gasteiger partial charge in [-0.15, -0.1) is 0 Å². The fourth-order valence-electron chi connectivity index (χ4n) is 1.89. The summed E-state index contributed by atoms with van der Waals surface area (Å²) in [6.45, 7) is 4.57. The van der Waals surface area contributed by atoms with Crippen molar-refractivity contribution in [2.24, 2.45) is 11.7 Å². The van der Waals surface area contributed by atoms with Gasteiger partial charge in [0.1, 0.15) is 5.69 Å². The van der Waals surface area contributed by atoms with Gasteiger partial charge in [-0.2, -0.15) is 0 Å². The van der Waals surface area contributed by atoms with Gasteiger partial charge in [-0.25, -0.2) is 0 Å². The van der Waals surface area contributed by atoms with Crippen LogP contribution in [0.2, 0.25) is 0 Å². The molecule has 1 rings (SSSR count). The largest absolute Gasteiger partial charge is 0.369 e. The van der Waals surface area contributed by atoms with Gasteiger partial charge in [0.2, 0.25) is 0 Å². The number of hydrogen-bond donors (Lipinski definition) is 1. The number of nitro groups is 2. The third-order valence-electron chi connectivity index (χ3n) is 3.43. The molecular formula is C13H20N4O4. The molecule has 0 bridgehead atoms. The number of non-ortho nitro benzene ring substituents is 1. The molecule has 0 aliphatic rings. The Hall–Kier alpha value is -2.22. The maximum atomic E-state index is 11.1. The summed E-state index contributed by atoms with van der Waals surface area (Å²) in [5.41, 5.74) is 5.74. The molecule has 1 aromatic carbocycles. The molecule has 0 saturated heterocycles. The van der Waals surface area contributed by atoms with E-state index in [1.807, 2.05) is 13.8 Å². The maximum Gasteiger partial charge on any atom is 0.299 e. The molecule has 0 heterocycles. The monoisotopic (exact) mass is 296 g/mol. The first-order valence-corrected chi connectivity index (χ1v) is 6.63. The van der Waals surface area contributed by atoms with Crippen LogP contribution in [-0.4, -0.2) is 29.5 Å². The number of anilines is 1. The van der Waals surface area contributed by atoms with Crippen molar-refractivity contribution in [1.29, 1.82) is 0 Å².